The molecule has 0 radical (unpaired) electrons. The molecule has 0 saturated heterocycles. The standard InChI is InChI=1S/C18H22N2O4.ClH/c1-22-15-10-12(11-16(23-2)18(15)24-3)8-9-17(21)20-14-7-5-4-6-13(14)19;/h4-7,10-11H,8-9,19H2,1-3H3,(H,20,21);1H. The molecular formula is C18H23ClN2O4. The molecule has 0 atom stereocenters. The minimum atomic E-state index is -0.110. The number of carbonyl (C=O) groups is 1. The van der Waals surface area contributed by atoms with E-state index in [4.69, 9.17) is 19.9 Å². The summed E-state index contributed by atoms with van der Waals surface area (Å²) in [5, 5.41) is 2.81. The smallest absolute Gasteiger partial charge is 0.224 e. The van der Waals surface area contributed by atoms with Crippen LogP contribution in [0.5, 0.6) is 17.2 Å². The van der Waals surface area contributed by atoms with Crippen molar-refractivity contribution in [1.82, 2.24) is 0 Å². The lowest BCUT2D eigenvalue weighted by molar-refractivity contribution is -0.116. The lowest BCUT2D eigenvalue weighted by Crippen LogP contribution is -2.13. The van der Waals surface area contributed by atoms with Crippen LogP contribution in [0.1, 0.15) is 12.0 Å². The SMILES string of the molecule is COc1cc(CCC(=O)Nc2ccccc2N)cc(OC)c1OC.Cl. The number of methoxy groups -OCH3 is 3. The second-order valence-electron chi connectivity index (χ2n) is 5.17. The normalized spacial score (nSPS) is 9.72. The number of aryl methyl sites for hydroxylation is 1. The molecule has 0 aliphatic rings. The number of benzene rings is 2. The number of nitrogens with two attached hydrogens (primary N) is 1. The van der Waals surface area contributed by atoms with Gasteiger partial charge in [-0.25, -0.2) is 0 Å². The Morgan fingerprint density at radius 2 is 1.64 bits per heavy atom. The van der Waals surface area contributed by atoms with E-state index in [1.807, 2.05) is 24.3 Å². The number of amides is 1. The van der Waals surface area contributed by atoms with Crippen LogP contribution in [0.2, 0.25) is 0 Å². The number of hydrogen-bond donors (Lipinski definition) is 2. The van der Waals surface area contributed by atoms with Gasteiger partial charge >= 0.3 is 0 Å². The van der Waals surface area contributed by atoms with Crippen molar-refractivity contribution in [2.75, 3.05) is 32.4 Å². The van der Waals surface area contributed by atoms with Crippen molar-refractivity contribution in [3.05, 3.63) is 42.0 Å². The molecule has 1 amide bonds. The minimum absolute atomic E-state index is 0. The Balaban J connectivity index is 0.00000312. The van der Waals surface area contributed by atoms with Crippen LogP contribution in [0, 0.1) is 0 Å². The summed E-state index contributed by atoms with van der Waals surface area (Å²) in [6, 6.07) is 10.8. The summed E-state index contributed by atoms with van der Waals surface area (Å²) in [6.07, 6.45) is 0.849. The molecule has 0 spiro atoms. The quantitative estimate of drug-likeness (QED) is 0.735. The second-order valence-corrected chi connectivity index (χ2v) is 5.17. The maximum absolute atomic E-state index is 12.1. The van der Waals surface area contributed by atoms with Gasteiger partial charge in [0.2, 0.25) is 11.7 Å². The molecule has 25 heavy (non-hydrogen) atoms. The highest BCUT2D eigenvalue weighted by Crippen LogP contribution is 2.38. The summed E-state index contributed by atoms with van der Waals surface area (Å²) in [6.45, 7) is 0. The average molecular weight is 367 g/mol. The van der Waals surface area contributed by atoms with Gasteiger partial charge in [-0.15, -0.1) is 12.4 Å². The Bertz CT molecular complexity index is 697. The first-order chi connectivity index (χ1) is 11.6. The van der Waals surface area contributed by atoms with E-state index < -0.39 is 0 Å². The fraction of sp³-hybridized carbons (Fsp3) is 0.278. The Labute approximate surface area is 153 Å². The molecule has 0 unspecified atom stereocenters. The maximum Gasteiger partial charge on any atom is 0.224 e. The molecule has 0 aliphatic carbocycles. The van der Waals surface area contributed by atoms with E-state index in [2.05, 4.69) is 5.32 Å². The molecule has 0 aliphatic heterocycles. The Morgan fingerprint density at radius 3 is 2.16 bits per heavy atom. The topological polar surface area (TPSA) is 82.8 Å². The monoisotopic (exact) mass is 366 g/mol. The fourth-order valence-corrected chi connectivity index (χ4v) is 2.36. The molecule has 3 N–H and O–H groups in total. The summed E-state index contributed by atoms with van der Waals surface area (Å²) in [5.74, 6) is 1.56. The number of carbonyl (C=O) groups excluding carboxylic acids is 1. The van der Waals surface area contributed by atoms with Crippen LogP contribution in [0.3, 0.4) is 0 Å². The summed E-state index contributed by atoms with van der Waals surface area (Å²) in [4.78, 5) is 12.1. The lowest BCUT2D eigenvalue weighted by atomic mass is 10.1. The highest BCUT2D eigenvalue weighted by molar-refractivity contribution is 5.93. The third kappa shape index (κ3) is 5.19. The molecule has 2 aromatic rings. The zero-order chi connectivity index (χ0) is 17.5. The van der Waals surface area contributed by atoms with E-state index in [-0.39, 0.29) is 18.3 Å². The lowest BCUT2D eigenvalue weighted by Gasteiger charge is -2.14. The number of rotatable bonds is 7. The number of para-hydroxylation sites is 2. The first-order valence-electron chi connectivity index (χ1n) is 7.52. The molecule has 7 heteroatoms. The van der Waals surface area contributed by atoms with Gasteiger partial charge in [-0.1, -0.05) is 12.1 Å². The Kier molecular flexibility index (Phi) is 7.88. The number of nitrogen functional groups attached to an aromatic ring is 1. The van der Waals surface area contributed by atoms with Crippen LogP contribution >= 0.6 is 12.4 Å². The number of hydrogen-bond acceptors (Lipinski definition) is 5. The predicted molar refractivity (Wildman–Crippen MR) is 101 cm³/mol. The van der Waals surface area contributed by atoms with Gasteiger partial charge in [0, 0.05) is 6.42 Å². The summed E-state index contributed by atoms with van der Waals surface area (Å²) in [5.41, 5.74) is 7.90. The number of anilines is 2. The van der Waals surface area contributed by atoms with Gasteiger partial charge in [-0.05, 0) is 36.2 Å². The van der Waals surface area contributed by atoms with Crippen molar-refractivity contribution in [2.24, 2.45) is 0 Å². The minimum Gasteiger partial charge on any atom is -0.493 e. The third-order valence-electron chi connectivity index (χ3n) is 3.60. The number of ether oxygens (including phenoxy) is 3. The van der Waals surface area contributed by atoms with Crippen LogP contribution in [-0.2, 0) is 11.2 Å². The van der Waals surface area contributed by atoms with Gasteiger partial charge in [-0.2, -0.15) is 0 Å². The molecule has 0 fully saturated rings. The van der Waals surface area contributed by atoms with Gasteiger partial charge in [0.25, 0.3) is 0 Å². The molecule has 0 saturated carbocycles. The maximum atomic E-state index is 12.1. The number of nitrogens with one attached hydrogen (secondary N) is 1. The average Bonchev–Trinajstić information content (AvgIpc) is 2.60. The van der Waals surface area contributed by atoms with Crippen molar-refractivity contribution in [3.63, 3.8) is 0 Å². The van der Waals surface area contributed by atoms with Crippen molar-refractivity contribution < 1.29 is 19.0 Å². The van der Waals surface area contributed by atoms with Gasteiger partial charge in [0.15, 0.2) is 11.5 Å². The highest BCUT2D eigenvalue weighted by Gasteiger charge is 2.14. The molecular weight excluding hydrogens is 344 g/mol. The van der Waals surface area contributed by atoms with Crippen molar-refractivity contribution in [1.29, 1.82) is 0 Å². The van der Waals surface area contributed by atoms with Crippen molar-refractivity contribution in [3.8, 4) is 17.2 Å². The van der Waals surface area contributed by atoms with E-state index in [1.54, 1.807) is 33.5 Å². The molecule has 6 nitrogen and oxygen atoms in total. The molecule has 0 heterocycles. The number of halogens is 1. The first-order valence-corrected chi connectivity index (χ1v) is 7.52. The van der Waals surface area contributed by atoms with E-state index >= 15 is 0 Å². The van der Waals surface area contributed by atoms with E-state index in [0.29, 0.717) is 41.5 Å². The van der Waals surface area contributed by atoms with E-state index in [0.717, 1.165) is 5.56 Å². The van der Waals surface area contributed by atoms with Crippen molar-refractivity contribution in [2.45, 2.75) is 12.8 Å². The Hall–Kier alpha value is -2.60. The first kappa shape index (κ1) is 20.4. The van der Waals surface area contributed by atoms with Crippen LogP contribution in [0.15, 0.2) is 36.4 Å². The highest BCUT2D eigenvalue weighted by atomic mass is 35.5. The van der Waals surface area contributed by atoms with E-state index in [9.17, 15) is 4.79 Å². The molecule has 136 valence electrons. The second kappa shape index (κ2) is 9.64. The Morgan fingerprint density at radius 1 is 1.04 bits per heavy atom. The van der Waals surface area contributed by atoms with Crippen LogP contribution in [-0.4, -0.2) is 27.2 Å². The summed E-state index contributed by atoms with van der Waals surface area (Å²) in [7, 11) is 4.68. The third-order valence-corrected chi connectivity index (χ3v) is 3.60. The molecule has 2 rings (SSSR count). The molecule has 2 aromatic carbocycles. The summed E-state index contributed by atoms with van der Waals surface area (Å²) < 4.78 is 15.9. The largest absolute Gasteiger partial charge is 0.493 e. The van der Waals surface area contributed by atoms with Crippen molar-refractivity contribution >= 4 is 29.7 Å². The van der Waals surface area contributed by atoms with Gasteiger partial charge < -0.3 is 25.3 Å². The van der Waals surface area contributed by atoms with Gasteiger partial charge in [0.05, 0.1) is 32.7 Å². The molecule has 0 bridgehead atoms. The van der Waals surface area contributed by atoms with Gasteiger partial charge in [0.1, 0.15) is 0 Å². The fourth-order valence-electron chi connectivity index (χ4n) is 2.36. The zero-order valence-electron chi connectivity index (χ0n) is 14.5. The van der Waals surface area contributed by atoms with Crippen LogP contribution in [0.25, 0.3) is 0 Å². The zero-order valence-corrected chi connectivity index (χ0v) is 15.3. The summed E-state index contributed by atoms with van der Waals surface area (Å²) >= 11 is 0. The van der Waals surface area contributed by atoms with Crippen LogP contribution < -0.4 is 25.3 Å². The molecule has 0 aromatic heterocycles. The van der Waals surface area contributed by atoms with Crippen LogP contribution in [0.4, 0.5) is 11.4 Å². The van der Waals surface area contributed by atoms with E-state index in [1.165, 1.54) is 0 Å². The predicted octanol–water partition coefficient (Wildman–Crippen LogP) is 3.29. The van der Waals surface area contributed by atoms with Gasteiger partial charge in [-0.3, -0.25) is 4.79 Å².